The molecule has 0 spiro atoms. The van der Waals surface area contributed by atoms with Gasteiger partial charge in [-0.15, -0.1) is 0 Å². The molecule has 2 aromatic rings. The molecule has 1 fully saturated rings. The number of amides is 2. The van der Waals surface area contributed by atoms with Crippen molar-refractivity contribution in [1.29, 1.82) is 0 Å². The quantitative estimate of drug-likeness (QED) is 0.664. The zero-order valence-electron chi connectivity index (χ0n) is 17.1. The normalized spacial score (nSPS) is 17.0. The molecule has 1 aromatic heterocycles. The number of carbonyl (C=O) groups excluding carboxylic acids is 2. The fourth-order valence-corrected chi connectivity index (χ4v) is 3.49. The van der Waals surface area contributed by atoms with Gasteiger partial charge in [-0.25, -0.2) is 4.98 Å². The summed E-state index contributed by atoms with van der Waals surface area (Å²) in [6, 6.07) is 7.38. The predicted octanol–water partition coefficient (Wildman–Crippen LogP) is 1.31. The highest BCUT2D eigenvalue weighted by Crippen LogP contribution is 2.17. The van der Waals surface area contributed by atoms with Crippen molar-refractivity contribution in [3.63, 3.8) is 0 Å². The molecule has 29 heavy (non-hydrogen) atoms. The SMILES string of the molecule is CCOc1ccc(CN2CCNC(=O)[C@@H]2CC(=O)NCc2nccn2CC)cc1. The lowest BCUT2D eigenvalue weighted by Gasteiger charge is -2.34. The van der Waals surface area contributed by atoms with Gasteiger partial charge in [0, 0.05) is 38.6 Å². The smallest absolute Gasteiger partial charge is 0.237 e. The van der Waals surface area contributed by atoms with Crippen LogP contribution in [0, 0.1) is 0 Å². The molecule has 8 nitrogen and oxygen atoms in total. The van der Waals surface area contributed by atoms with Gasteiger partial charge in [0.15, 0.2) is 0 Å². The van der Waals surface area contributed by atoms with Crippen molar-refractivity contribution in [1.82, 2.24) is 25.1 Å². The summed E-state index contributed by atoms with van der Waals surface area (Å²) in [5.74, 6) is 1.37. The molecule has 0 aliphatic carbocycles. The molecule has 2 heterocycles. The van der Waals surface area contributed by atoms with E-state index in [1.165, 1.54) is 0 Å². The Morgan fingerprint density at radius 3 is 2.83 bits per heavy atom. The minimum absolute atomic E-state index is 0.104. The molecule has 0 saturated carbocycles. The molecular formula is C21H29N5O3. The summed E-state index contributed by atoms with van der Waals surface area (Å²) in [5, 5.41) is 5.76. The number of aryl methyl sites for hydroxylation is 1. The largest absolute Gasteiger partial charge is 0.494 e. The molecule has 3 rings (SSSR count). The van der Waals surface area contributed by atoms with Gasteiger partial charge in [0.1, 0.15) is 11.6 Å². The Morgan fingerprint density at radius 2 is 2.10 bits per heavy atom. The van der Waals surface area contributed by atoms with Crippen molar-refractivity contribution in [2.45, 2.75) is 45.9 Å². The lowest BCUT2D eigenvalue weighted by Crippen LogP contribution is -2.56. The lowest BCUT2D eigenvalue weighted by atomic mass is 10.1. The first-order valence-corrected chi connectivity index (χ1v) is 10.1. The van der Waals surface area contributed by atoms with Crippen molar-refractivity contribution in [2.24, 2.45) is 0 Å². The van der Waals surface area contributed by atoms with E-state index in [1.807, 2.05) is 48.9 Å². The number of carbonyl (C=O) groups is 2. The first kappa shape index (κ1) is 20.9. The van der Waals surface area contributed by atoms with Crippen LogP contribution in [0.1, 0.15) is 31.7 Å². The molecule has 1 aliphatic rings. The Morgan fingerprint density at radius 1 is 1.31 bits per heavy atom. The summed E-state index contributed by atoms with van der Waals surface area (Å²) in [6.45, 7) is 7.65. The Bertz CT molecular complexity index is 818. The van der Waals surface area contributed by atoms with Gasteiger partial charge >= 0.3 is 0 Å². The van der Waals surface area contributed by atoms with Crippen LogP contribution in [0.3, 0.4) is 0 Å². The Hall–Kier alpha value is -2.87. The number of aromatic nitrogens is 2. The minimum Gasteiger partial charge on any atom is -0.494 e. The number of nitrogens with zero attached hydrogens (tertiary/aromatic N) is 3. The standard InChI is InChI=1S/C21H29N5O3/c1-3-25-11-9-22-19(25)14-24-20(27)13-18-21(28)23-10-12-26(18)15-16-5-7-17(8-6-16)29-4-2/h5-9,11,18H,3-4,10,12-15H2,1-2H3,(H,23,28)(H,24,27)/t18-/m0/s1. The topological polar surface area (TPSA) is 88.5 Å². The van der Waals surface area contributed by atoms with Crippen molar-refractivity contribution in [3.05, 3.63) is 48.0 Å². The van der Waals surface area contributed by atoms with E-state index in [2.05, 4.69) is 20.5 Å². The van der Waals surface area contributed by atoms with Crippen LogP contribution in [0.25, 0.3) is 0 Å². The number of benzene rings is 1. The third-order valence-corrected chi connectivity index (χ3v) is 5.03. The van der Waals surface area contributed by atoms with E-state index in [-0.39, 0.29) is 18.2 Å². The van der Waals surface area contributed by atoms with Crippen LogP contribution in [0.4, 0.5) is 0 Å². The lowest BCUT2D eigenvalue weighted by molar-refractivity contribution is -0.134. The number of hydrogen-bond donors (Lipinski definition) is 2. The van der Waals surface area contributed by atoms with Gasteiger partial charge < -0.3 is 19.9 Å². The third-order valence-electron chi connectivity index (χ3n) is 5.03. The summed E-state index contributed by atoms with van der Waals surface area (Å²) in [7, 11) is 0. The van der Waals surface area contributed by atoms with E-state index >= 15 is 0 Å². The summed E-state index contributed by atoms with van der Waals surface area (Å²) in [4.78, 5) is 31.2. The molecule has 8 heteroatoms. The summed E-state index contributed by atoms with van der Waals surface area (Å²) < 4.78 is 7.46. The molecule has 156 valence electrons. The van der Waals surface area contributed by atoms with Gasteiger partial charge in [-0.1, -0.05) is 12.1 Å². The number of piperazine rings is 1. The van der Waals surface area contributed by atoms with Crippen LogP contribution in [0.5, 0.6) is 5.75 Å². The minimum atomic E-state index is -0.485. The molecule has 0 radical (unpaired) electrons. The number of hydrogen-bond acceptors (Lipinski definition) is 5. The van der Waals surface area contributed by atoms with Crippen LogP contribution in [-0.2, 0) is 29.2 Å². The maximum Gasteiger partial charge on any atom is 0.237 e. The van der Waals surface area contributed by atoms with Crippen LogP contribution in [0.2, 0.25) is 0 Å². The highest BCUT2D eigenvalue weighted by Gasteiger charge is 2.31. The van der Waals surface area contributed by atoms with E-state index in [9.17, 15) is 9.59 Å². The van der Waals surface area contributed by atoms with Gasteiger partial charge in [-0.05, 0) is 31.5 Å². The molecule has 1 aromatic carbocycles. The fraction of sp³-hybridized carbons (Fsp3) is 0.476. The van der Waals surface area contributed by atoms with Crippen molar-refractivity contribution in [2.75, 3.05) is 19.7 Å². The van der Waals surface area contributed by atoms with Gasteiger partial charge in [0.05, 0.1) is 25.6 Å². The molecule has 1 aliphatic heterocycles. The second-order valence-electron chi connectivity index (χ2n) is 6.96. The highest BCUT2D eigenvalue weighted by atomic mass is 16.5. The van der Waals surface area contributed by atoms with E-state index in [0.717, 1.165) is 23.7 Å². The second kappa shape index (κ2) is 10.1. The maximum absolute atomic E-state index is 12.5. The average Bonchev–Trinajstić information content (AvgIpc) is 3.18. The van der Waals surface area contributed by atoms with E-state index in [0.29, 0.717) is 32.8 Å². The maximum atomic E-state index is 12.5. The Labute approximate surface area is 171 Å². The molecule has 2 amide bonds. The molecule has 0 unspecified atom stereocenters. The first-order chi connectivity index (χ1) is 14.1. The van der Waals surface area contributed by atoms with Crippen LogP contribution in [0.15, 0.2) is 36.7 Å². The predicted molar refractivity (Wildman–Crippen MR) is 109 cm³/mol. The monoisotopic (exact) mass is 399 g/mol. The summed E-state index contributed by atoms with van der Waals surface area (Å²) >= 11 is 0. The van der Waals surface area contributed by atoms with E-state index in [1.54, 1.807) is 6.20 Å². The number of nitrogens with one attached hydrogen (secondary N) is 2. The third kappa shape index (κ3) is 5.57. The number of rotatable bonds is 9. The highest BCUT2D eigenvalue weighted by molar-refractivity contribution is 5.88. The molecule has 1 saturated heterocycles. The van der Waals surface area contributed by atoms with Gasteiger partial charge in [-0.2, -0.15) is 0 Å². The molecule has 1 atom stereocenters. The summed E-state index contributed by atoms with van der Waals surface area (Å²) in [6.07, 6.45) is 3.72. The Balaban J connectivity index is 1.58. The van der Waals surface area contributed by atoms with Crippen molar-refractivity contribution in [3.8, 4) is 5.75 Å². The second-order valence-corrected chi connectivity index (χ2v) is 6.96. The number of imidazole rings is 1. The fourth-order valence-electron chi connectivity index (χ4n) is 3.49. The average molecular weight is 399 g/mol. The van der Waals surface area contributed by atoms with E-state index < -0.39 is 6.04 Å². The van der Waals surface area contributed by atoms with Gasteiger partial charge in [-0.3, -0.25) is 14.5 Å². The van der Waals surface area contributed by atoms with Crippen molar-refractivity contribution >= 4 is 11.8 Å². The summed E-state index contributed by atoms with van der Waals surface area (Å²) in [5.41, 5.74) is 1.08. The zero-order chi connectivity index (χ0) is 20.6. The van der Waals surface area contributed by atoms with Crippen LogP contribution < -0.4 is 15.4 Å². The Kier molecular flexibility index (Phi) is 7.24. The number of ether oxygens (including phenoxy) is 1. The molecule has 0 bridgehead atoms. The molecule has 2 N–H and O–H groups in total. The van der Waals surface area contributed by atoms with E-state index in [4.69, 9.17) is 4.74 Å². The van der Waals surface area contributed by atoms with Crippen LogP contribution in [-0.4, -0.2) is 52.0 Å². The molecular weight excluding hydrogens is 370 g/mol. The van der Waals surface area contributed by atoms with Crippen molar-refractivity contribution < 1.29 is 14.3 Å². The van der Waals surface area contributed by atoms with Gasteiger partial charge in [0.2, 0.25) is 11.8 Å². The van der Waals surface area contributed by atoms with Crippen LogP contribution >= 0.6 is 0 Å². The van der Waals surface area contributed by atoms with Gasteiger partial charge in [0.25, 0.3) is 0 Å². The zero-order valence-corrected chi connectivity index (χ0v) is 17.1. The first-order valence-electron chi connectivity index (χ1n) is 10.1.